The van der Waals surface area contributed by atoms with Crippen LogP contribution in [-0.2, 0) is 6.54 Å². The molecule has 0 amide bonds. The molecule has 1 saturated heterocycles. The first-order valence-corrected chi connectivity index (χ1v) is 6.26. The number of terminal acetylenes is 1. The zero-order valence-electron chi connectivity index (χ0n) is 10.4. The molecule has 4 nitrogen and oxygen atoms in total. The van der Waals surface area contributed by atoms with Crippen LogP contribution < -0.4 is 5.32 Å². The first-order chi connectivity index (χ1) is 8.31. The minimum absolute atomic E-state index is 0.554. The Kier molecular flexibility index (Phi) is 4.05. The van der Waals surface area contributed by atoms with Crippen LogP contribution >= 0.6 is 0 Å². The van der Waals surface area contributed by atoms with Crippen LogP contribution in [0.2, 0.25) is 0 Å². The number of piperidine rings is 1. The number of nitrogens with one attached hydrogen (secondary N) is 1. The van der Waals surface area contributed by atoms with Gasteiger partial charge in [-0.3, -0.25) is 9.58 Å². The minimum atomic E-state index is 0.554. The van der Waals surface area contributed by atoms with Crippen LogP contribution in [0.5, 0.6) is 0 Å². The molecule has 0 spiro atoms. The van der Waals surface area contributed by atoms with Crippen LogP contribution in [0, 0.1) is 12.3 Å². The topological polar surface area (TPSA) is 33.1 Å². The summed E-state index contributed by atoms with van der Waals surface area (Å²) in [5.74, 6) is 2.71. The number of aromatic nitrogens is 2. The zero-order valence-corrected chi connectivity index (χ0v) is 10.4. The van der Waals surface area contributed by atoms with Gasteiger partial charge in [-0.25, -0.2) is 0 Å². The van der Waals surface area contributed by atoms with Crippen LogP contribution in [0.1, 0.15) is 19.8 Å². The molecule has 1 aromatic rings. The fraction of sp³-hybridized carbons (Fsp3) is 0.615. The molecule has 0 bridgehead atoms. The molecule has 0 aliphatic carbocycles. The molecular formula is C13H20N4. The summed E-state index contributed by atoms with van der Waals surface area (Å²) in [5.41, 5.74) is 1.13. The van der Waals surface area contributed by atoms with Gasteiger partial charge in [0.2, 0.25) is 0 Å². The van der Waals surface area contributed by atoms with Gasteiger partial charge >= 0.3 is 0 Å². The van der Waals surface area contributed by atoms with Crippen molar-refractivity contribution < 1.29 is 0 Å². The number of aryl methyl sites for hydroxylation is 1. The monoisotopic (exact) mass is 232 g/mol. The van der Waals surface area contributed by atoms with Gasteiger partial charge in [-0.2, -0.15) is 5.10 Å². The number of nitrogens with zero attached hydrogens (tertiary/aromatic N) is 3. The highest BCUT2D eigenvalue weighted by Gasteiger charge is 2.18. The molecule has 4 heteroatoms. The summed E-state index contributed by atoms with van der Waals surface area (Å²) in [6.45, 7) is 5.96. The molecule has 0 unspecified atom stereocenters. The fourth-order valence-electron chi connectivity index (χ4n) is 2.21. The molecule has 0 aromatic carbocycles. The molecule has 2 heterocycles. The third kappa shape index (κ3) is 3.24. The Bertz CT molecular complexity index is 382. The van der Waals surface area contributed by atoms with Crippen LogP contribution in [-0.4, -0.2) is 40.4 Å². The molecule has 0 saturated carbocycles. The molecule has 2 rings (SSSR count). The highest BCUT2D eigenvalue weighted by molar-refractivity contribution is 5.39. The molecule has 92 valence electrons. The number of hydrogen-bond donors (Lipinski definition) is 1. The van der Waals surface area contributed by atoms with E-state index in [1.807, 2.05) is 10.9 Å². The third-order valence-electron chi connectivity index (χ3n) is 3.23. The average Bonchev–Trinajstić information content (AvgIpc) is 2.80. The van der Waals surface area contributed by atoms with Crippen LogP contribution in [0.3, 0.4) is 0 Å². The van der Waals surface area contributed by atoms with Gasteiger partial charge in [0.1, 0.15) is 0 Å². The first kappa shape index (κ1) is 12.0. The largest absolute Gasteiger partial charge is 0.380 e. The van der Waals surface area contributed by atoms with Crippen molar-refractivity contribution in [3.05, 3.63) is 12.4 Å². The van der Waals surface area contributed by atoms with Crippen molar-refractivity contribution in [1.29, 1.82) is 0 Å². The summed E-state index contributed by atoms with van der Waals surface area (Å²) >= 11 is 0. The van der Waals surface area contributed by atoms with E-state index in [2.05, 4.69) is 34.4 Å². The van der Waals surface area contributed by atoms with Crippen molar-refractivity contribution in [2.45, 2.75) is 32.4 Å². The second kappa shape index (κ2) is 5.74. The van der Waals surface area contributed by atoms with Crippen molar-refractivity contribution in [3.63, 3.8) is 0 Å². The molecule has 1 aliphatic rings. The Balaban J connectivity index is 1.80. The molecule has 0 radical (unpaired) electrons. The van der Waals surface area contributed by atoms with E-state index in [9.17, 15) is 0 Å². The van der Waals surface area contributed by atoms with Gasteiger partial charge in [0.15, 0.2) is 0 Å². The van der Waals surface area contributed by atoms with Crippen molar-refractivity contribution in [3.8, 4) is 12.3 Å². The summed E-state index contributed by atoms with van der Waals surface area (Å²) in [7, 11) is 0. The maximum absolute atomic E-state index is 5.32. The summed E-state index contributed by atoms with van der Waals surface area (Å²) in [5, 5.41) is 7.80. The van der Waals surface area contributed by atoms with Gasteiger partial charge in [0, 0.05) is 31.9 Å². The maximum Gasteiger partial charge on any atom is 0.0728 e. The van der Waals surface area contributed by atoms with E-state index in [0.29, 0.717) is 6.04 Å². The van der Waals surface area contributed by atoms with E-state index >= 15 is 0 Å². The van der Waals surface area contributed by atoms with E-state index in [-0.39, 0.29) is 0 Å². The number of anilines is 1. The van der Waals surface area contributed by atoms with E-state index in [4.69, 9.17) is 6.42 Å². The lowest BCUT2D eigenvalue weighted by Gasteiger charge is -2.31. The normalized spacial score (nSPS) is 17.9. The molecule has 1 aliphatic heterocycles. The van der Waals surface area contributed by atoms with Gasteiger partial charge in [-0.15, -0.1) is 6.42 Å². The smallest absolute Gasteiger partial charge is 0.0728 e. The Labute approximate surface area is 103 Å². The van der Waals surface area contributed by atoms with Crippen molar-refractivity contribution in [2.24, 2.45) is 0 Å². The predicted molar refractivity (Wildman–Crippen MR) is 69.8 cm³/mol. The average molecular weight is 232 g/mol. The van der Waals surface area contributed by atoms with Crippen LogP contribution in [0.15, 0.2) is 12.4 Å². The molecule has 1 aromatic heterocycles. The van der Waals surface area contributed by atoms with Crippen molar-refractivity contribution in [2.75, 3.05) is 25.0 Å². The van der Waals surface area contributed by atoms with E-state index < -0.39 is 0 Å². The molecule has 0 atom stereocenters. The van der Waals surface area contributed by atoms with Gasteiger partial charge < -0.3 is 5.32 Å². The summed E-state index contributed by atoms with van der Waals surface area (Å²) in [4.78, 5) is 2.33. The number of rotatable bonds is 4. The van der Waals surface area contributed by atoms with Gasteiger partial charge in [-0.1, -0.05) is 5.92 Å². The van der Waals surface area contributed by atoms with E-state index in [0.717, 1.165) is 44.7 Å². The Morgan fingerprint density at radius 2 is 2.29 bits per heavy atom. The Morgan fingerprint density at radius 1 is 1.53 bits per heavy atom. The Morgan fingerprint density at radius 3 is 2.88 bits per heavy atom. The molecule has 1 fully saturated rings. The first-order valence-electron chi connectivity index (χ1n) is 6.26. The van der Waals surface area contributed by atoms with Crippen LogP contribution in [0.25, 0.3) is 0 Å². The molecule has 17 heavy (non-hydrogen) atoms. The van der Waals surface area contributed by atoms with Gasteiger partial charge in [0.05, 0.1) is 18.4 Å². The zero-order chi connectivity index (χ0) is 12.1. The summed E-state index contributed by atoms with van der Waals surface area (Å²) in [6.07, 6.45) is 11.6. The highest BCUT2D eigenvalue weighted by Crippen LogP contribution is 2.15. The van der Waals surface area contributed by atoms with Gasteiger partial charge in [-0.05, 0) is 19.8 Å². The number of likely N-dealkylation sites (tertiary alicyclic amines) is 1. The maximum atomic E-state index is 5.32. The highest BCUT2D eigenvalue weighted by atomic mass is 15.3. The standard InChI is InChI=1S/C13H20N4/c1-3-7-16-8-5-12(6-9-16)15-13-10-14-17(4-2)11-13/h1,10-12,15H,4-9H2,2H3. The third-order valence-corrected chi connectivity index (χ3v) is 3.23. The van der Waals surface area contributed by atoms with E-state index in [1.54, 1.807) is 0 Å². The lowest BCUT2D eigenvalue weighted by Crippen LogP contribution is -2.39. The van der Waals surface area contributed by atoms with E-state index in [1.165, 1.54) is 0 Å². The molecule has 1 N–H and O–H groups in total. The van der Waals surface area contributed by atoms with Crippen molar-refractivity contribution >= 4 is 5.69 Å². The molecular weight excluding hydrogens is 212 g/mol. The Hall–Kier alpha value is -1.47. The fourth-order valence-corrected chi connectivity index (χ4v) is 2.21. The quantitative estimate of drug-likeness (QED) is 0.797. The second-order valence-electron chi connectivity index (χ2n) is 4.48. The second-order valence-corrected chi connectivity index (χ2v) is 4.48. The summed E-state index contributed by atoms with van der Waals surface area (Å²) in [6, 6.07) is 0.554. The van der Waals surface area contributed by atoms with Gasteiger partial charge in [0.25, 0.3) is 0 Å². The minimum Gasteiger partial charge on any atom is -0.380 e. The lowest BCUT2D eigenvalue weighted by molar-refractivity contribution is 0.243. The predicted octanol–water partition coefficient (Wildman–Crippen LogP) is 1.41. The number of hydrogen-bond acceptors (Lipinski definition) is 3. The van der Waals surface area contributed by atoms with Crippen molar-refractivity contribution in [1.82, 2.24) is 14.7 Å². The van der Waals surface area contributed by atoms with Crippen LogP contribution in [0.4, 0.5) is 5.69 Å². The summed E-state index contributed by atoms with van der Waals surface area (Å²) < 4.78 is 1.94. The lowest BCUT2D eigenvalue weighted by atomic mass is 10.1. The SMILES string of the molecule is C#CCN1CCC(Nc2cnn(CC)c2)CC1.